The van der Waals surface area contributed by atoms with Crippen LogP contribution in [0.5, 0.6) is 5.75 Å². The van der Waals surface area contributed by atoms with E-state index in [1.807, 2.05) is 30.3 Å². The van der Waals surface area contributed by atoms with Crippen LogP contribution in [0.15, 0.2) is 60.7 Å². The van der Waals surface area contributed by atoms with Gasteiger partial charge in [0.05, 0.1) is 6.61 Å². The van der Waals surface area contributed by atoms with Crippen LogP contribution in [0.1, 0.15) is 24.5 Å². The van der Waals surface area contributed by atoms with Crippen molar-refractivity contribution in [3.8, 4) is 5.75 Å². The Morgan fingerprint density at radius 2 is 1.59 bits per heavy atom. The van der Waals surface area contributed by atoms with Crippen LogP contribution < -0.4 is 15.4 Å². The van der Waals surface area contributed by atoms with E-state index in [9.17, 15) is 14.4 Å². The number of carbonyl (C=O) groups is 3. The first-order chi connectivity index (χ1) is 13.1. The van der Waals surface area contributed by atoms with Crippen molar-refractivity contribution in [1.29, 1.82) is 0 Å². The summed E-state index contributed by atoms with van der Waals surface area (Å²) < 4.78 is 10.8. The minimum atomic E-state index is -1.20. The lowest BCUT2D eigenvalue weighted by atomic mass is 10.1. The number of hydrogen-bond donors (Lipinski definition) is 2. The van der Waals surface area contributed by atoms with Crippen LogP contribution in [0.4, 0.5) is 4.79 Å². The molecule has 0 unspecified atom stereocenters. The van der Waals surface area contributed by atoms with E-state index in [0.717, 1.165) is 5.75 Å². The lowest BCUT2D eigenvalue weighted by Crippen LogP contribution is -2.41. The highest BCUT2D eigenvalue weighted by Crippen LogP contribution is 2.19. The number of para-hydroxylation sites is 1. The molecule has 0 saturated carbocycles. The molecule has 0 aromatic heterocycles. The molecule has 7 nitrogen and oxygen atoms in total. The molecule has 0 bridgehead atoms. The third-order valence-electron chi connectivity index (χ3n) is 3.59. The van der Waals surface area contributed by atoms with Crippen molar-refractivity contribution in [2.45, 2.75) is 18.9 Å². The summed E-state index contributed by atoms with van der Waals surface area (Å²) in [6.45, 7) is 0.347. The summed E-state index contributed by atoms with van der Waals surface area (Å²) in [4.78, 5) is 35.8. The average Bonchev–Trinajstić information content (AvgIpc) is 2.70. The van der Waals surface area contributed by atoms with E-state index in [-0.39, 0.29) is 6.42 Å². The summed E-state index contributed by atoms with van der Waals surface area (Å²) in [5, 5.41) is 4.42. The molecule has 0 aliphatic carbocycles. The summed E-state index contributed by atoms with van der Waals surface area (Å²) in [6.07, 6.45) is -0.679. The summed E-state index contributed by atoms with van der Waals surface area (Å²) in [7, 11) is 1.39. The van der Waals surface area contributed by atoms with E-state index >= 15 is 0 Å². The smallest absolute Gasteiger partial charge is 0.321 e. The Morgan fingerprint density at radius 3 is 2.22 bits per heavy atom. The molecule has 1 atom stereocenters. The molecule has 27 heavy (non-hydrogen) atoms. The highest BCUT2D eigenvalue weighted by Gasteiger charge is 2.26. The fourth-order valence-corrected chi connectivity index (χ4v) is 2.25. The average molecular weight is 370 g/mol. The molecule has 142 valence electrons. The molecule has 2 aromatic rings. The van der Waals surface area contributed by atoms with Gasteiger partial charge in [0.1, 0.15) is 5.75 Å². The molecule has 0 aliphatic rings. The van der Waals surface area contributed by atoms with Crippen LogP contribution in [0.3, 0.4) is 0 Å². The maximum atomic E-state index is 12.3. The minimum Gasteiger partial charge on any atom is -0.494 e. The lowest BCUT2D eigenvalue weighted by molar-refractivity contribution is -0.156. The first kappa shape index (κ1) is 20.0. The Balaban J connectivity index is 1.88. The Kier molecular flexibility index (Phi) is 7.84. The molecule has 0 radical (unpaired) electrons. The number of carbonyl (C=O) groups excluding carboxylic acids is 3. The zero-order valence-electron chi connectivity index (χ0n) is 15.0. The Hall–Kier alpha value is -3.35. The second kappa shape index (κ2) is 10.6. The van der Waals surface area contributed by atoms with Gasteiger partial charge in [-0.2, -0.15) is 0 Å². The predicted molar refractivity (Wildman–Crippen MR) is 99.0 cm³/mol. The molecular formula is C20H22N2O5. The van der Waals surface area contributed by atoms with E-state index in [1.54, 1.807) is 30.3 Å². The molecular weight excluding hydrogens is 348 g/mol. The molecule has 2 aromatic carbocycles. The van der Waals surface area contributed by atoms with Crippen molar-refractivity contribution in [2.75, 3.05) is 13.7 Å². The van der Waals surface area contributed by atoms with Gasteiger partial charge in [-0.1, -0.05) is 48.5 Å². The molecule has 2 rings (SSSR count). The van der Waals surface area contributed by atoms with Crippen LogP contribution in [-0.4, -0.2) is 31.6 Å². The zero-order valence-corrected chi connectivity index (χ0v) is 15.0. The monoisotopic (exact) mass is 370 g/mol. The first-order valence-corrected chi connectivity index (χ1v) is 8.55. The largest absolute Gasteiger partial charge is 0.494 e. The van der Waals surface area contributed by atoms with Gasteiger partial charge in [0.2, 0.25) is 6.10 Å². The number of amides is 3. The van der Waals surface area contributed by atoms with E-state index in [2.05, 4.69) is 10.6 Å². The van der Waals surface area contributed by atoms with Gasteiger partial charge in [-0.05, 0) is 18.6 Å². The van der Waals surface area contributed by atoms with Crippen molar-refractivity contribution >= 4 is 17.9 Å². The summed E-state index contributed by atoms with van der Waals surface area (Å²) in [5.74, 6) is -0.542. The van der Waals surface area contributed by atoms with Gasteiger partial charge < -0.3 is 14.8 Å². The minimum absolute atomic E-state index is 0.0867. The van der Waals surface area contributed by atoms with Crippen LogP contribution >= 0.6 is 0 Å². The molecule has 0 spiro atoms. The van der Waals surface area contributed by atoms with E-state index < -0.39 is 24.0 Å². The predicted octanol–water partition coefficient (Wildman–Crippen LogP) is 2.59. The molecule has 0 heterocycles. The molecule has 0 saturated heterocycles. The molecule has 2 N–H and O–H groups in total. The summed E-state index contributed by atoms with van der Waals surface area (Å²) >= 11 is 0. The van der Waals surface area contributed by atoms with Gasteiger partial charge in [0.15, 0.2) is 0 Å². The number of hydrogen-bond acceptors (Lipinski definition) is 5. The van der Waals surface area contributed by atoms with E-state index in [0.29, 0.717) is 18.6 Å². The summed E-state index contributed by atoms with van der Waals surface area (Å²) in [5.41, 5.74) is 0.479. The third-order valence-corrected chi connectivity index (χ3v) is 3.59. The fourth-order valence-electron chi connectivity index (χ4n) is 2.25. The van der Waals surface area contributed by atoms with Crippen molar-refractivity contribution in [3.63, 3.8) is 0 Å². The Bertz CT molecular complexity index is 749. The number of imide groups is 1. The van der Waals surface area contributed by atoms with Gasteiger partial charge in [0, 0.05) is 19.0 Å². The van der Waals surface area contributed by atoms with Crippen LogP contribution in [0, 0.1) is 0 Å². The van der Waals surface area contributed by atoms with Gasteiger partial charge in [-0.15, -0.1) is 0 Å². The number of nitrogens with one attached hydrogen (secondary N) is 2. The topological polar surface area (TPSA) is 93.7 Å². The number of ether oxygens (including phenoxy) is 2. The maximum Gasteiger partial charge on any atom is 0.321 e. The molecule has 0 fully saturated rings. The van der Waals surface area contributed by atoms with Crippen LogP contribution in [-0.2, 0) is 14.3 Å². The van der Waals surface area contributed by atoms with Crippen molar-refractivity contribution in [2.24, 2.45) is 0 Å². The molecule has 7 heteroatoms. The molecule has 3 amide bonds. The van der Waals surface area contributed by atoms with Crippen molar-refractivity contribution in [3.05, 3.63) is 66.2 Å². The quantitative estimate of drug-likeness (QED) is 0.550. The van der Waals surface area contributed by atoms with E-state index in [4.69, 9.17) is 9.47 Å². The summed E-state index contributed by atoms with van der Waals surface area (Å²) in [6, 6.07) is 17.1. The number of benzene rings is 2. The SMILES string of the molecule is CNC(=O)NC(=O)[C@@H](OC(=O)CCCOc1ccccc1)c1ccccc1. The maximum absolute atomic E-state index is 12.3. The highest BCUT2D eigenvalue weighted by molar-refractivity contribution is 5.97. The second-order valence-corrected chi connectivity index (χ2v) is 5.61. The fraction of sp³-hybridized carbons (Fsp3) is 0.250. The Labute approximate surface area is 157 Å². The third kappa shape index (κ3) is 6.81. The highest BCUT2D eigenvalue weighted by atomic mass is 16.5. The van der Waals surface area contributed by atoms with Crippen LogP contribution in [0.2, 0.25) is 0 Å². The van der Waals surface area contributed by atoms with Crippen molar-refractivity contribution < 1.29 is 23.9 Å². The first-order valence-electron chi connectivity index (χ1n) is 8.55. The van der Waals surface area contributed by atoms with E-state index in [1.165, 1.54) is 7.05 Å². The van der Waals surface area contributed by atoms with Crippen LogP contribution in [0.25, 0.3) is 0 Å². The number of urea groups is 1. The van der Waals surface area contributed by atoms with Crippen molar-refractivity contribution in [1.82, 2.24) is 10.6 Å². The number of esters is 1. The Morgan fingerprint density at radius 1 is 0.963 bits per heavy atom. The standard InChI is InChI=1S/C20H22N2O5/c1-21-20(25)22-19(24)18(15-9-4-2-5-10-15)27-17(23)13-8-14-26-16-11-6-3-7-12-16/h2-7,9-12,18H,8,13-14H2,1H3,(H2,21,22,24,25)/t18-/m0/s1. The van der Waals surface area contributed by atoms with Gasteiger partial charge in [0.25, 0.3) is 5.91 Å². The number of rotatable bonds is 8. The molecule has 0 aliphatic heterocycles. The lowest BCUT2D eigenvalue weighted by Gasteiger charge is -2.17. The zero-order chi connectivity index (χ0) is 19.5. The second-order valence-electron chi connectivity index (χ2n) is 5.61. The van der Waals surface area contributed by atoms with Gasteiger partial charge in [-0.3, -0.25) is 14.9 Å². The van der Waals surface area contributed by atoms with Gasteiger partial charge >= 0.3 is 12.0 Å². The van der Waals surface area contributed by atoms with Gasteiger partial charge in [-0.25, -0.2) is 4.79 Å². The normalized spacial score (nSPS) is 11.1.